The summed E-state index contributed by atoms with van der Waals surface area (Å²) in [5.41, 5.74) is 16.3. The second-order valence-corrected chi connectivity index (χ2v) is 15.3. The standard InChI is InChI=1S/C58H40N2/c1-4-17-41(18-5-1)42-31-33-46(34-32-42)59(56-29-14-12-26-51(56)45-21-8-3-9-22-45)48-36-38-54-53-27-13-15-30-57(53)60(58(54)40-48)47-35-37-50(43-19-6-2-7-20-43)55(39-47)52-28-16-24-44-23-10-11-25-49(44)52/h1-40H. The van der Waals surface area contributed by atoms with Gasteiger partial charge < -0.3 is 9.47 Å². The highest BCUT2D eigenvalue weighted by molar-refractivity contribution is 6.11. The Morgan fingerprint density at radius 1 is 0.283 bits per heavy atom. The Bertz CT molecular complexity index is 3290. The maximum atomic E-state index is 2.46. The van der Waals surface area contributed by atoms with Crippen molar-refractivity contribution >= 4 is 49.6 Å². The molecule has 11 rings (SSSR count). The van der Waals surface area contributed by atoms with E-state index in [1.807, 2.05) is 0 Å². The predicted molar refractivity (Wildman–Crippen MR) is 255 cm³/mol. The van der Waals surface area contributed by atoms with Crippen molar-refractivity contribution in [3.05, 3.63) is 243 Å². The van der Waals surface area contributed by atoms with E-state index in [4.69, 9.17) is 0 Å². The highest BCUT2D eigenvalue weighted by atomic mass is 15.1. The summed E-state index contributed by atoms with van der Waals surface area (Å²) in [5.74, 6) is 0. The molecule has 60 heavy (non-hydrogen) atoms. The first-order valence-electron chi connectivity index (χ1n) is 20.6. The van der Waals surface area contributed by atoms with Crippen LogP contribution in [0.15, 0.2) is 243 Å². The topological polar surface area (TPSA) is 8.17 Å². The zero-order chi connectivity index (χ0) is 39.8. The number of hydrogen-bond donors (Lipinski definition) is 0. The van der Waals surface area contributed by atoms with E-state index in [0.717, 1.165) is 28.3 Å². The molecule has 282 valence electrons. The Labute approximate surface area is 350 Å². The maximum Gasteiger partial charge on any atom is 0.0561 e. The fraction of sp³-hybridized carbons (Fsp3) is 0. The molecule has 0 aliphatic carbocycles. The third-order valence-corrected chi connectivity index (χ3v) is 11.8. The molecule has 0 spiro atoms. The molecule has 0 radical (unpaired) electrons. The van der Waals surface area contributed by atoms with Crippen LogP contribution < -0.4 is 4.90 Å². The fourth-order valence-corrected chi connectivity index (χ4v) is 8.99. The van der Waals surface area contributed by atoms with Gasteiger partial charge in [-0.25, -0.2) is 0 Å². The second kappa shape index (κ2) is 15.1. The van der Waals surface area contributed by atoms with Crippen LogP contribution in [0.25, 0.3) is 82.8 Å². The van der Waals surface area contributed by atoms with E-state index in [2.05, 4.69) is 252 Å². The SMILES string of the molecule is c1ccc(-c2ccc(N(c3ccc4c5ccccc5n(-c5ccc(-c6ccccc6)c(-c6cccc7ccccc67)c5)c4c3)c3ccccc3-c3ccccc3)cc2)cc1. The number of fused-ring (bicyclic) bond motifs is 4. The van der Waals surface area contributed by atoms with Gasteiger partial charge in [-0.3, -0.25) is 0 Å². The van der Waals surface area contributed by atoms with Crippen molar-refractivity contribution < 1.29 is 0 Å². The average Bonchev–Trinajstić information content (AvgIpc) is 3.66. The summed E-state index contributed by atoms with van der Waals surface area (Å²) >= 11 is 0. The highest BCUT2D eigenvalue weighted by Crippen LogP contribution is 2.45. The second-order valence-electron chi connectivity index (χ2n) is 15.3. The molecule has 0 atom stereocenters. The van der Waals surface area contributed by atoms with E-state index in [1.54, 1.807) is 0 Å². The number of anilines is 3. The van der Waals surface area contributed by atoms with Gasteiger partial charge in [-0.1, -0.05) is 194 Å². The van der Waals surface area contributed by atoms with Crippen LogP contribution in [-0.2, 0) is 0 Å². The Balaban J connectivity index is 1.15. The van der Waals surface area contributed by atoms with Crippen LogP contribution >= 0.6 is 0 Å². The predicted octanol–water partition coefficient (Wildman–Crippen LogP) is 16.1. The molecule has 10 aromatic carbocycles. The van der Waals surface area contributed by atoms with E-state index in [1.165, 1.54) is 71.6 Å². The molecule has 0 fully saturated rings. The monoisotopic (exact) mass is 764 g/mol. The van der Waals surface area contributed by atoms with E-state index < -0.39 is 0 Å². The van der Waals surface area contributed by atoms with Gasteiger partial charge in [0.15, 0.2) is 0 Å². The molecule has 0 saturated carbocycles. The maximum absolute atomic E-state index is 2.46. The fourth-order valence-electron chi connectivity index (χ4n) is 8.99. The molecule has 0 aliphatic heterocycles. The molecule has 2 nitrogen and oxygen atoms in total. The minimum absolute atomic E-state index is 1.08. The minimum Gasteiger partial charge on any atom is -0.310 e. The Morgan fingerprint density at radius 3 is 1.60 bits per heavy atom. The molecule has 0 bridgehead atoms. The summed E-state index contributed by atoms with van der Waals surface area (Å²) in [6, 6.07) is 87.9. The third kappa shape index (κ3) is 6.23. The summed E-state index contributed by atoms with van der Waals surface area (Å²) in [7, 11) is 0. The first kappa shape index (κ1) is 35.2. The zero-order valence-electron chi connectivity index (χ0n) is 33.0. The lowest BCUT2D eigenvalue weighted by atomic mass is 9.91. The van der Waals surface area contributed by atoms with Crippen molar-refractivity contribution in [3.63, 3.8) is 0 Å². The van der Waals surface area contributed by atoms with Crippen molar-refractivity contribution in [2.45, 2.75) is 0 Å². The van der Waals surface area contributed by atoms with Crippen LogP contribution in [-0.4, -0.2) is 4.57 Å². The summed E-state index contributed by atoms with van der Waals surface area (Å²) in [4.78, 5) is 2.42. The molecule has 1 aromatic heterocycles. The van der Waals surface area contributed by atoms with Crippen LogP contribution in [0.1, 0.15) is 0 Å². The normalized spacial score (nSPS) is 11.3. The Hall–Kier alpha value is -7.94. The van der Waals surface area contributed by atoms with Gasteiger partial charge in [-0.05, 0) is 98.2 Å². The van der Waals surface area contributed by atoms with Crippen LogP contribution in [0, 0.1) is 0 Å². The number of aromatic nitrogens is 1. The highest BCUT2D eigenvalue weighted by Gasteiger charge is 2.21. The van der Waals surface area contributed by atoms with Gasteiger partial charge in [0.2, 0.25) is 0 Å². The number of hydrogen-bond acceptors (Lipinski definition) is 1. The van der Waals surface area contributed by atoms with Crippen LogP contribution in [0.3, 0.4) is 0 Å². The minimum atomic E-state index is 1.08. The van der Waals surface area contributed by atoms with Gasteiger partial charge in [0.25, 0.3) is 0 Å². The summed E-state index contributed by atoms with van der Waals surface area (Å²) in [6.07, 6.45) is 0. The molecule has 0 aliphatic rings. The number of nitrogens with zero attached hydrogens (tertiary/aromatic N) is 2. The molecule has 0 N–H and O–H groups in total. The van der Waals surface area contributed by atoms with E-state index >= 15 is 0 Å². The van der Waals surface area contributed by atoms with Gasteiger partial charge >= 0.3 is 0 Å². The van der Waals surface area contributed by atoms with Crippen molar-refractivity contribution in [2.24, 2.45) is 0 Å². The van der Waals surface area contributed by atoms with Gasteiger partial charge in [-0.15, -0.1) is 0 Å². The first-order chi connectivity index (χ1) is 29.8. The van der Waals surface area contributed by atoms with Crippen molar-refractivity contribution in [2.75, 3.05) is 4.90 Å². The third-order valence-electron chi connectivity index (χ3n) is 11.8. The van der Waals surface area contributed by atoms with Gasteiger partial charge in [-0.2, -0.15) is 0 Å². The van der Waals surface area contributed by atoms with Crippen molar-refractivity contribution in [1.29, 1.82) is 0 Å². The Kier molecular flexibility index (Phi) is 8.87. The summed E-state index contributed by atoms with van der Waals surface area (Å²) < 4.78 is 2.46. The van der Waals surface area contributed by atoms with E-state index in [9.17, 15) is 0 Å². The first-order valence-corrected chi connectivity index (χ1v) is 20.6. The smallest absolute Gasteiger partial charge is 0.0561 e. The summed E-state index contributed by atoms with van der Waals surface area (Å²) in [5, 5.41) is 4.91. The van der Waals surface area contributed by atoms with Gasteiger partial charge in [0, 0.05) is 33.4 Å². The molecule has 0 unspecified atom stereocenters. The van der Waals surface area contributed by atoms with Crippen LogP contribution in [0.2, 0.25) is 0 Å². The molecule has 1 heterocycles. The number of rotatable bonds is 8. The van der Waals surface area contributed by atoms with Crippen LogP contribution in [0.5, 0.6) is 0 Å². The lowest BCUT2D eigenvalue weighted by Crippen LogP contribution is -2.11. The largest absolute Gasteiger partial charge is 0.310 e. The lowest BCUT2D eigenvalue weighted by Gasteiger charge is -2.28. The molecular formula is C58H40N2. The zero-order valence-corrected chi connectivity index (χ0v) is 33.0. The van der Waals surface area contributed by atoms with E-state index in [-0.39, 0.29) is 0 Å². The average molecular weight is 765 g/mol. The molecule has 11 aromatic rings. The van der Waals surface area contributed by atoms with Crippen molar-refractivity contribution in [1.82, 2.24) is 4.57 Å². The summed E-state index contributed by atoms with van der Waals surface area (Å²) in [6.45, 7) is 0. The number of para-hydroxylation sites is 2. The molecule has 0 amide bonds. The Morgan fingerprint density at radius 2 is 0.833 bits per heavy atom. The van der Waals surface area contributed by atoms with Gasteiger partial charge in [0.05, 0.1) is 16.7 Å². The molecule has 2 heteroatoms. The molecule has 0 saturated heterocycles. The molecular weight excluding hydrogens is 725 g/mol. The van der Waals surface area contributed by atoms with Crippen molar-refractivity contribution in [3.8, 4) is 50.2 Å². The lowest BCUT2D eigenvalue weighted by molar-refractivity contribution is 1.18. The number of benzene rings is 10. The van der Waals surface area contributed by atoms with Crippen LogP contribution in [0.4, 0.5) is 17.1 Å². The van der Waals surface area contributed by atoms with Gasteiger partial charge in [0.1, 0.15) is 0 Å². The quantitative estimate of drug-likeness (QED) is 0.150. The van der Waals surface area contributed by atoms with E-state index in [0.29, 0.717) is 0 Å².